The van der Waals surface area contributed by atoms with Crippen molar-refractivity contribution in [3.8, 4) is 11.1 Å². The van der Waals surface area contributed by atoms with E-state index in [1.807, 2.05) is 55.5 Å². The molecule has 1 saturated heterocycles. The van der Waals surface area contributed by atoms with Crippen molar-refractivity contribution in [2.45, 2.75) is 6.92 Å². The summed E-state index contributed by atoms with van der Waals surface area (Å²) in [6, 6.07) is 22.4. The highest BCUT2D eigenvalue weighted by Crippen LogP contribution is 2.28. The largest absolute Gasteiger partial charge is 0.298 e. The van der Waals surface area contributed by atoms with Crippen LogP contribution in [0.4, 0.5) is 5.69 Å². The molecular weight excluding hydrogens is 416 g/mol. The predicted octanol–water partition coefficient (Wildman–Crippen LogP) is 5.15. The van der Waals surface area contributed by atoms with Gasteiger partial charge in [0.15, 0.2) is 5.11 Å². The summed E-state index contributed by atoms with van der Waals surface area (Å²) in [5, 5.41) is 3.19. The van der Waals surface area contributed by atoms with E-state index in [1.165, 1.54) is 4.90 Å². The molecule has 0 radical (unpaired) electrons. The molecule has 6 heteroatoms. The van der Waals surface area contributed by atoms with Crippen molar-refractivity contribution in [3.63, 3.8) is 0 Å². The van der Waals surface area contributed by atoms with Gasteiger partial charge in [0.25, 0.3) is 11.8 Å². The fraction of sp³-hybridized carbons (Fsp3) is 0.0417. The number of benzene rings is 3. The lowest BCUT2D eigenvalue weighted by Crippen LogP contribution is -2.54. The number of carbonyl (C=O) groups excluding carboxylic acids is 2. The molecule has 0 atom stereocenters. The van der Waals surface area contributed by atoms with Crippen LogP contribution in [0.5, 0.6) is 0 Å². The second-order valence-corrected chi connectivity index (χ2v) is 7.71. The fourth-order valence-corrected chi connectivity index (χ4v) is 3.66. The number of aryl methyl sites for hydroxylation is 1. The van der Waals surface area contributed by atoms with Crippen LogP contribution in [0.1, 0.15) is 11.1 Å². The maximum Gasteiger partial charge on any atom is 0.270 e. The van der Waals surface area contributed by atoms with Crippen LogP contribution in [-0.2, 0) is 9.59 Å². The van der Waals surface area contributed by atoms with Crippen molar-refractivity contribution in [2.24, 2.45) is 0 Å². The van der Waals surface area contributed by atoms with Gasteiger partial charge in [-0.15, -0.1) is 0 Å². The van der Waals surface area contributed by atoms with Crippen molar-refractivity contribution in [1.29, 1.82) is 0 Å². The number of nitrogens with zero attached hydrogens (tertiary/aromatic N) is 1. The van der Waals surface area contributed by atoms with Gasteiger partial charge in [-0.2, -0.15) is 0 Å². The van der Waals surface area contributed by atoms with Gasteiger partial charge in [0.1, 0.15) is 5.57 Å². The first kappa shape index (κ1) is 20.0. The van der Waals surface area contributed by atoms with E-state index in [2.05, 4.69) is 5.32 Å². The highest BCUT2D eigenvalue weighted by atomic mass is 35.5. The first-order valence-corrected chi connectivity index (χ1v) is 10.1. The summed E-state index contributed by atoms with van der Waals surface area (Å²) in [5.74, 6) is -1.00. The molecule has 1 aliphatic rings. The predicted molar refractivity (Wildman–Crippen MR) is 124 cm³/mol. The lowest BCUT2D eigenvalue weighted by Gasteiger charge is -2.29. The maximum absolute atomic E-state index is 13.2. The number of hydrogen-bond acceptors (Lipinski definition) is 3. The summed E-state index contributed by atoms with van der Waals surface area (Å²) in [4.78, 5) is 27.1. The van der Waals surface area contributed by atoms with Crippen molar-refractivity contribution in [2.75, 3.05) is 4.90 Å². The number of thiocarbonyl (C=S) groups is 1. The van der Waals surface area contributed by atoms with Crippen LogP contribution in [-0.4, -0.2) is 16.9 Å². The monoisotopic (exact) mass is 432 g/mol. The molecule has 0 bridgehead atoms. The smallest absolute Gasteiger partial charge is 0.270 e. The summed E-state index contributed by atoms with van der Waals surface area (Å²) >= 11 is 11.2. The first-order valence-electron chi connectivity index (χ1n) is 9.27. The van der Waals surface area contributed by atoms with E-state index < -0.39 is 11.8 Å². The molecule has 148 valence electrons. The summed E-state index contributed by atoms with van der Waals surface area (Å²) in [6.07, 6.45) is 1.61. The zero-order chi connectivity index (χ0) is 21.3. The Morgan fingerprint density at radius 1 is 0.933 bits per heavy atom. The molecule has 2 amide bonds. The molecule has 1 fully saturated rings. The van der Waals surface area contributed by atoms with E-state index in [1.54, 1.807) is 30.3 Å². The Morgan fingerprint density at radius 2 is 1.60 bits per heavy atom. The van der Waals surface area contributed by atoms with Gasteiger partial charge in [-0.25, -0.2) is 0 Å². The zero-order valence-corrected chi connectivity index (χ0v) is 17.6. The molecular formula is C24H17ClN2O2S. The van der Waals surface area contributed by atoms with Crippen molar-refractivity contribution < 1.29 is 9.59 Å². The van der Waals surface area contributed by atoms with Crippen LogP contribution in [0, 0.1) is 6.92 Å². The van der Waals surface area contributed by atoms with E-state index in [0.29, 0.717) is 10.7 Å². The molecule has 0 saturated carbocycles. The third kappa shape index (κ3) is 3.90. The molecule has 3 aromatic rings. The normalized spacial score (nSPS) is 15.5. The van der Waals surface area contributed by atoms with Gasteiger partial charge in [0.2, 0.25) is 0 Å². The summed E-state index contributed by atoms with van der Waals surface area (Å²) in [5.41, 5.74) is 4.40. The fourth-order valence-electron chi connectivity index (χ4n) is 3.26. The van der Waals surface area contributed by atoms with E-state index in [-0.39, 0.29) is 10.7 Å². The van der Waals surface area contributed by atoms with E-state index >= 15 is 0 Å². The molecule has 1 aliphatic heterocycles. The quantitative estimate of drug-likeness (QED) is 0.354. The molecule has 0 spiro atoms. The third-order valence-corrected chi connectivity index (χ3v) is 5.35. The van der Waals surface area contributed by atoms with Gasteiger partial charge in [-0.3, -0.25) is 19.8 Å². The summed E-state index contributed by atoms with van der Waals surface area (Å²) in [7, 11) is 0. The van der Waals surface area contributed by atoms with E-state index in [0.717, 1.165) is 22.3 Å². The molecule has 1 heterocycles. The second-order valence-electron chi connectivity index (χ2n) is 6.89. The minimum atomic E-state index is -0.520. The Hall–Kier alpha value is -3.28. The Kier molecular flexibility index (Phi) is 5.48. The molecule has 0 aliphatic carbocycles. The van der Waals surface area contributed by atoms with Gasteiger partial charge >= 0.3 is 0 Å². The first-order chi connectivity index (χ1) is 14.4. The average Bonchev–Trinajstić information content (AvgIpc) is 2.73. The average molecular weight is 433 g/mol. The van der Waals surface area contributed by atoms with E-state index in [4.69, 9.17) is 23.8 Å². The third-order valence-electron chi connectivity index (χ3n) is 4.81. The molecule has 4 nitrogen and oxygen atoms in total. The molecule has 30 heavy (non-hydrogen) atoms. The standard InChI is InChI=1S/C24H17ClN2O2S/c1-15-6-8-16(9-7-15)20-5-3-2-4-17(20)14-21-22(28)26-24(30)27(23(21)29)19-12-10-18(25)11-13-19/h2-14H,1H3,(H,26,28,30)/b21-14-. The van der Waals surface area contributed by atoms with Crippen LogP contribution in [0.2, 0.25) is 5.02 Å². The number of amides is 2. The minimum Gasteiger partial charge on any atom is -0.298 e. The number of carbonyl (C=O) groups is 2. The minimum absolute atomic E-state index is 0.0121. The Bertz CT molecular complexity index is 1180. The lowest BCUT2D eigenvalue weighted by atomic mass is 9.96. The van der Waals surface area contributed by atoms with Gasteiger partial charge < -0.3 is 0 Å². The van der Waals surface area contributed by atoms with Crippen molar-refractivity contribution in [3.05, 3.63) is 94.5 Å². The number of anilines is 1. The second kappa shape index (κ2) is 8.22. The SMILES string of the molecule is Cc1ccc(-c2ccccc2/C=C2/C(=O)NC(=S)N(c3ccc(Cl)cc3)C2=O)cc1. The Morgan fingerprint density at radius 3 is 2.30 bits per heavy atom. The molecule has 0 aromatic heterocycles. The van der Waals surface area contributed by atoms with Crippen molar-refractivity contribution in [1.82, 2.24) is 5.32 Å². The molecule has 4 rings (SSSR count). The number of nitrogens with one attached hydrogen (secondary N) is 1. The molecule has 3 aromatic carbocycles. The van der Waals surface area contributed by atoms with Gasteiger partial charge in [0.05, 0.1) is 5.69 Å². The van der Waals surface area contributed by atoms with Crippen LogP contribution >= 0.6 is 23.8 Å². The molecule has 0 unspecified atom stereocenters. The Balaban J connectivity index is 1.77. The lowest BCUT2D eigenvalue weighted by molar-refractivity contribution is -0.122. The Labute approximate surface area is 184 Å². The number of rotatable bonds is 3. The van der Waals surface area contributed by atoms with Crippen LogP contribution in [0.15, 0.2) is 78.4 Å². The zero-order valence-electron chi connectivity index (χ0n) is 16.1. The van der Waals surface area contributed by atoms with Crippen LogP contribution in [0.25, 0.3) is 17.2 Å². The van der Waals surface area contributed by atoms with Crippen molar-refractivity contribution >= 4 is 52.5 Å². The van der Waals surface area contributed by atoms with Gasteiger partial charge in [-0.1, -0.05) is 65.7 Å². The highest BCUT2D eigenvalue weighted by molar-refractivity contribution is 7.80. The highest BCUT2D eigenvalue weighted by Gasteiger charge is 2.34. The topological polar surface area (TPSA) is 49.4 Å². The molecule has 1 N–H and O–H groups in total. The number of hydrogen-bond donors (Lipinski definition) is 1. The van der Waals surface area contributed by atoms with Crippen LogP contribution in [0.3, 0.4) is 0 Å². The van der Waals surface area contributed by atoms with Crippen LogP contribution < -0.4 is 10.2 Å². The number of halogens is 1. The van der Waals surface area contributed by atoms with Gasteiger partial charge in [0, 0.05) is 5.02 Å². The summed E-state index contributed by atoms with van der Waals surface area (Å²) < 4.78 is 0. The van der Waals surface area contributed by atoms with E-state index in [9.17, 15) is 9.59 Å². The maximum atomic E-state index is 13.2. The van der Waals surface area contributed by atoms with Gasteiger partial charge in [-0.05, 0) is 66.2 Å². The summed E-state index contributed by atoms with van der Waals surface area (Å²) in [6.45, 7) is 2.02.